The lowest BCUT2D eigenvalue weighted by Gasteiger charge is -2.10. The fraction of sp³-hybridized carbons (Fsp3) is 0.238. The summed E-state index contributed by atoms with van der Waals surface area (Å²) in [6, 6.07) is 10.8. The van der Waals surface area contributed by atoms with Crippen molar-refractivity contribution in [2.24, 2.45) is 0 Å². The Hall–Kier alpha value is -2.99. The van der Waals surface area contributed by atoms with Gasteiger partial charge < -0.3 is 19.5 Å². The number of carbonyl (C=O) groups is 2. The van der Waals surface area contributed by atoms with Gasteiger partial charge in [0.1, 0.15) is 0 Å². The van der Waals surface area contributed by atoms with Gasteiger partial charge in [-0.2, -0.15) is 0 Å². The van der Waals surface area contributed by atoms with Crippen molar-refractivity contribution in [1.82, 2.24) is 0 Å². The Morgan fingerprint density at radius 1 is 1.11 bits per heavy atom. The van der Waals surface area contributed by atoms with Gasteiger partial charge in [0.15, 0.2) is 18.1 Å². The highest BCUT2D eigenvalue weighted by Gasteiger charge is 2.10. The lowest BCUT2D eigenvalue weighted by Crippen LogP contribution is -2.20. The number of carbonyl (C=O) groups excluding carboxylic acids is 2. The second-order valence-electron chi connectivity index (χ2n) is 5.78. The topological polar surface area (TPSA) is 73.9 Å². The van der Waals surface area contributed by atoms with Gasteiger partial charge in [0.2, 0.25) is 0 Å². The minimum absolute atomic E-state index is 0.350. The fourth-order valence-corrected chi connectivity index (χ4v) is 2.70. The van der Waals surface area contributed by atoms with Gasteiger partial charge in [-0.25, -0.2) is 4.79 Å². The van der Waals surface area contributed by atoms with Crippen LogP contribution in [0.25, 0.3) is 6.08 Å². The van der Waals surface area contributed by atoms with Crippen LogP contribution in [0.3, 0.4) is 0 Å². The molecule has 0 aromatic heterocycles. The summed E-state index contributed by atoms with van der Waals surface area (Å²) in [6.07, 6.45) is 3.64. The van der Waals surface area contributed by atoms with Crippen molar-refractivity contribution in [3.63, 3.8) is 0 Å². The van der Waals surface area contributed by atoms with Crippen molar-refractivity contribution in [2.45, 2.75) is 13.3 Å². The third-order valence-corrected chi connectivity index (χ3v) is 4.14. The number of ether oxygens (including phenoxy) is 3. The predicted octanol–water partition coefficient (Wildman–Crippen LogP) is 4.11. The van der Waals surface area contributed by atoms with Crippen LogP contribution in [-0.2, 0) is 20.7 Å². The standard InChI is InChI=1S/C21H22ClNO5/c1-4-14-5-8-16(9-6-14)23-19(24)13-28-20(25)10-7-15-11-17(22)21(27-3)18(12-15)26-2/h5-12H,4,13H2,1-3H3,(H,23,24)/b10-7+. The molecule has 2 aromatic rings. The van der Waals surface area contributed by atoms with Gasteiger partial charge in [-0.1, -0.05) is 30.7 Å². The van der Waals surface area contributed by atoms with Gasteiger partial charge in [0.05, 0.1) is 19.2 Å². The lowest BCUT2D eigenvalue weighted by molar-refractivity contribution is -0.142. The van der Waals surface area contributed by atoms with Crippen molar-refractivity contribution < 1.29 is 23.8 Å². The summed E-state index contributed by atoms with van der Waals surface area (Å²) >= 11 is 6.12. The zero-order chi connectivity index (χ0) is 20.5. The zero-order valence-electron chi connectivity index (χ0n) is 16.0. The Balaban J connectivity index is 1.89. The average molecular weight is 404 g/mol. The Morgan fingerprint density at radius 2 is 1.82 bits per heavy atom. The molecule has 28 heavy (non-hydrogen) atoms. The molecule has 6 nitrogen and oxygen atoms in total. The van der Waals surface area contributed by atoms with Crippen molar-refractivity contribution in [1.29, 1.82) is 0 Å². The molecule has 0 heterocycles. The number of hydrogen-bond acceptors (Lipinski definition) is 5. The SMILES string of the molecule is CCc1ccc(NC(=O)COC(=O)/C=C/c2cc(Cl)c(OC)c(OC)c2)cc1. The second-order valence-corrected chi connectivity index (χ2v) is 6.19. The van der Waals surface area contributed by atoms with Crippen molar-refractivity contribution in [3.05, 3.63) is 58.6 Å². The van der Waals surface area contributed by atoms with Crippen LogP contribution < -0.4 is 14.8 Å². The van der Waals surface area contributed by atoms with Crippen LogP contribution in [0, 0.1) is 0 Å². The van der Waals surface area contributed by atoms with Gasteiger partial charge in [-0.15, -0.1) is 0 Å². The van der Waals surface area contributed by atoms with E-state index in [1.807, 2.05) is 12.1 Å². The molecule has 0 bridgehead atoms. The summed E-state index contributed by atoms with van der Waals surface area (Å²) in [5.41, 5.74) is 2.44. The average Bonchev–Trinajstić information content (AvgIpc) is 2.70. The van der Waals surface area contributed by atoms with E-state index < -0.39 is 11.9 Å². The summed E-state index contributed by atoms with van der Waals surface area (Å²) in [5, 5.41) is 3.02. The number of nitrogens with one attached hydrogen (secondary N) is 1. The highest BCUT2D eigenvalue weighted by molar-refractivity contribution is 6.32. The van der Waals surface area contributed by atoms with Crippen LogP contribution in [0.1, 0.15) is 18.1 Å². The largest absolute Gasteiger partial charge is 0.493 e. The number of esters is 1. The van der Waals surface area contributed by atoms with Gasteiger partial charge in [-0.05, 0) is 47.9 Å². The molecule has 0 spiro atoms. The molecule has 0 radical (unpaired) electrons. The molecule has 0 unspecified atom stereocenters. The second kappa shape index (κ2) is 10.4. The first kappa shape index (κ1) is 21.3. The molecule has 0 atom stereocenters. The highest BCUT2D eigenvalue weighted by atomic mass is 35.5. The number of halogens is 1. The highest BCUT2D eigenvalue weighted by Crippen LogP contribution is 2.36. The molecule has 0 aliphatic rings. The molecule has 1 N–H and O–H groups in total. The van der Waals surface area contributed by atoms with Crippen LogP contribution in [0.2, 0.25) is 5.02 Å². The minimum Gasteiger partial charge on any atom is -0.493 e. The van der Waals surface area contributed by atoms with Crippen molar-refractivity contribution in [2.75, 3.05) is 26.1 Å². The van der Waals surface area contributed by atoms with Crippen molar-refractivity contribution in [3.8, 4) is 11.5 Å². The van der Waals surface area contributed by atoms with E-state index in [0.717, 1.165) is 6.42 Å². The Labute approximate surface area is 169 Å². The smallest absolute Gasteiger partial charge is 0.331 e. The molecule has 148 valence electrons. The third-order valence-electron chi connectivity index (χ3n) is 3.86. The van der Waals surface area contributed by atoms with Crippen molar-refractivity contribution >= 4 is 35.2 Å². The monoisotopic (exact) mass is 403 g/mol. The molecule has 2 aromatic carbocycles. The summed E-state index contributed by atoms with van der Waals surface area (Å²) in [7, 11) is 2.98. The van der Waals surface area contributed by atoms with Crippen LogP contribution in [0.15, 0.2) is 42.5 Å². The van der Waals surface area contributed by atoms with E-state index in [1.165, 1.54) is 31.9 Å². The number of methoxy groups -OCH3 is 2. The number of hydrogen-bond donors (Lipinski definition) is 1. The first-order valence-corrected chi connectivity index (χ1v) is 8.99. The van der Waals surface area contributed by atoms with E-state index in [1.54, 1.807) is 24.3 Å². The molecular weight excluding hydrogens is 382 g/mol. The van der Waals surface area contributed by atoms with Gasteiger partial charge in [0, 0.05) is 11.8 Å². The maximum absolute atomic E-state index is 11.9. The quantitative estimate of drug-likeness (QED) is 0.530. The molecule has 0 saturated carbocycles. The molecule has 0 saturated heterocycles. The number of benzene rings is 2. The van der Waals surface area contributed by atoms with E-state index in [9.17, 15) is 9.59 Å². The van der Waals surface area contributed by atoms with E-state index in [4.69, 9.17) is 25.8 Å². The Morgan fingerprint density at radius 3 is 2.43 bits per heavy atom. The normalized spacial score (nSPS) is 10.6. The summed E-state index contributed by atoms with van der Waals surface area (Å²) in [5.74, 6) is -0.216. The maximum Gasteiger partial charge on any atom is 0.331 e. The molecule has 0 aliphatic carbocycles. The van der Waals surface area contributed by atoms with Gasteiger partial charge >= 0.3 is 5.97 Å². The first-order chi connectivity index (χ1) is 13.5. The Kier molecular flexibility index (Phi) is 7.89. The minimum atomic E-state index is -0.651. The molecule has 2 rings (SSSR count). The van der Waals surface area contributed by atoms with Gasteiger partial charge in [0.25, 0.3) is 5.91 Å². The summed E-state index contributed by atoms with van der Waals surface area (Å²) < 4.78 is 15.3. The Bertz CT molecular complexity index is 862. The number of anilines is 1. The van der Waals surface area contributed by atoms with Crippen LogP contribution in [-0.4, -0.2) is 32.7 Å². The van der Waals surface area contributed by atoms with Crippen LogP contribution in [0.4, 0.5) is 5.69 Å². The molecule has 1 amide bonds. The molecule has 0 fully saturated rings. The maximum atomic E-state index is 11.9. The molecular formula is C21H22ClNO5. The van der Waals surface area contributed by atoms with Gasteiger partial charge in [-0.3, -0.25) is 4.79 Å². The van der Waals surface area contributed by atoms with Crippen LogP contribution in [0.5, 0.6) is 11.5 Å². The summed E-state index contributed by atoms with van der Waals surface area (Å²) in [4.78, 5) is 23.7. The fourth-order valence-electron chi connectivity index (χ4n) is 2.40. The summed E-state index contributed by atoms with van der Waals surface area (Å²) in [6.45, 7) is 1.67. The first-order valence-electron chi connectivity index (χ1n) is 8.62. The molecule has 7 heteroatoms. The third kappa shape index (κ3) is 6.03. The lowest BCUT2D eigenvalue weighted by atomic mass is 10.1. The zero-order valence-corrected chi connectivity index (χ0v) is 16.7. The number of rotatable bonds is 8. The number of aryl methyl sites for hydroxylation is 1. The molecule has 0 aliphatic heterocycles. The van der Waals surface area contributed by atoms with Crippen LogP contribution >= 0.6 is 11.6 Å². The van der Waals surface area contributed by atoms with E-state index in [-0.39, 0.29) is 6.61 Å². The van der Waals surface area contributed by atoms with E-state index in [0.29, 0.717) is 27.8 Å². The predicted molar refractivity (Wildman–Crippen MR) is 109 cm³/mol. The van der Waals surface area contributed by atoms with E-state index in [2.05, 4.69) is 12.2 Å². The van der Waals surface area contributed by atoms with E-state index >= 15 is 0 Å². The number of amides is 1.